The molecule has 36 heavy (non-hydrogen) atoms. The molecule has 2 aliphatic heterocycles. The molecule has 1 saturated heterocycles. The Morgan fingerprint density at radius 1 is 1.25 bits per heavy atom. The van der Waals surface area contributed by atoms with E-state index in [-0.39, 0.29) is 12.1 Å². The molecule has 194 valence electrons. The smallest absolute Gasteiger partial charge is 0.425 e. The average Bonchev–Trinajstić information content (AvgIpc) is 3.20. The van der Waals surface area contributed by atoms with Gasteiger partial charge in [0.25, 0.3) is 0 Å². The van der Waals surface area contributed by atoms with Crippen LogP contribution in [0.2, 0.25) is 5.02 Å². The number of hydrogen-bond acceptors (Lipinski definition) is 8. The number of piperazine rings is 1. The molecule has 1 amide bonds. The molecule has 1 unspecified atom stereocenters. The number of benzene rings is 1. The molecule has 2 aliphatic rings. The van der Waals surface area contributed by atoms with Crippen molar-refractivity contribution in [3.8, 4) is 0 Å². The van der Waals surface area contributed by atoms with Crippen molar-refractivity contribution in [2.24, 2.45) is 0 Å². The van der Waals surface area contributed by atoms with Gasteiger partial charge >= 0.3 is 6.09 Å². The van der Waals surface area contributed by atoms with E-state index in [4.69, 9.17) is 21.1 Å². The third-order valence-corrected chi connectivity index (χ3v) is 6.67. The fourth-order valence-corrected chi connectivity index (χ4v) is 4.87. The van der Waals surface area contributed by atoms with E-state index in [9.17, 15) is 9.59 Å². The van der Waals surface area contributed by atoms with E-state index in [1.165, 1.54) is 5.01 Å². The Morgan fingerprint density at radius 3 is 2.61 bits per heavy atom. The van der Waals surface area contributed by atoms with Crippen LogP contribution >= 0.6 is 11.6 Å². The maximum atomic E-state index is 13.4. The SMILES string of the molecule is CC1OCc2ncnc(N3CCN(N(C(=O)OC(C)(C)C)[C@@H](C=O)Cc4ccc(Cl)cc4)C[C@@H]3C)c21. The molecule has 1 aromatic heterocycles. The lowest BCUT2D eigenvalue weighted by Crippen LogP contribution is -2.62. The first-order chi connectivity index (χ1) is 17.1. The van der Waals surface area contributed by atoms with Gasteiger partial charge < -0.3 is 19.2 Å². The van der Waals surface area contributed by atoms with Crippen LogP contribution in [0.1, 0.15) is 57.5 Å². The summed E-state index contributed by atoms with van der Waals surface area (Å²) in [7, 11) is 0. The van der Waals surface area contributed by atoms with Crippen molar-refractivity contribution in [3.05, 3.63) is 52.4 Å². The topological polar surface area (TPSA) is 88.1 Å². The Labute approximate surface area is 217 Å². The molecule has 0 radical (unpaired) electrons. The van der Waals surface area contributed by atoms with Gasteiger partial charge in [-0.05, 0) is 52.3 Å². The number of aldehydes is 1. The van der Waals surface area contributed by atoms with Crippen molar-refractivity contribution in [1.82, 2.24) is 20.0 Å². The number of hydrogen-bond donors (Lipinski definition) is 0. The summed E-state index contributed by atoms with van der Waals surface area (Å²) in [5.41, 5.74) is 2.15. The quantitative estimate of drug-likeness (QED) is 0.529. The summed E-state index contributed by atoms with van der Waals surface area (Å²) in [5.74, 6) is 0.870. The van der Waals surface area contributed by atoms with E-state index in [0.29, 0.717) is 37.7 Å². The van der Waals surface area contributed by atoms with Gasteiger partial charge in [-0.15, -0.1) is 0 Å². The molecule has 4 rings (SSSR count). The summed E-state index contributed by atoms with van der Waals surface area (Å²) in [4.78, 5) is 36.9. The van der Waals surface area contributed by atoms with Gasteiger partial charge in [-0.1, -0.05) is 23.7 Å². The second-order valence-electron chi connectivity index (χ2n) is 10.3. The largest absolute Gasteiger partial charge is 0.443 e. The van der Waals surface area contributed by atoms with Gasteiger partial charge in [0.1, 0.15) is 30.1 Å². The minimum Gasteiger partial charge on any atom is -0.443 e. The molecule has 0 N–H and O–H groups in total. The van der Waals surface area contributed by atoms with Gasteiger partial charge in [-0.25, -0.2) is 24.8 Å². The van der Waals surface area contributed by atoms with Gasteiger partial charge in [0.2, 0.25) is 0 Å². The molecule has 10 heteroatoms. The van der Waals surface area contributed by atoms with Crippen LogP contribution in [0, 0.1) is 0 Å². The maximum absolute atomic E-state index is 13.4. The number of halogens is 1. The highest BCUT2D eigenvalue weighted by Gasteiger charge is 2.38. The number of fused-ring (bicyclic) bond motifs is 1. The van der Waals surface area contributed by atoms with E-state index >= 15 is 0 Å². The molecule has 1 aromatic carbocycles. The molecule has 3 atom stereocenters. The summed E-state index contributed by atoms with van der Waals surface area (Å²) in [6.07, 6.45) is 2.13. The highest BCUT2D eigenvalue weighted by atomic mass is 35.5. The molecular formula is C26H34ClN5O4. The number of rotatable bonds is 6. The lowest BCUT2D eigenvalue weighted by molar-refractivity contribution is -0.123. The highest BCUT2D eigenvalue weighted by molar-refractivity contribution is 6.30. The number of carbonyl (C=O) groups excluding carboxylic acids is 2. The summed E-state index contributed by atoms with van der Waals surface area (Å²) < 4.78 is 11.5. The fourth-order valence-electron chi connectivity index (χ4n) is 4.74. The Morgan fingerprint density at radius 2 is 1.97 bits per heavy atom. The second-order valence-corrected chi connectivity index (χ2v) is 10.8. The van der Waals surface area contributed by atoms with Gasteiger partial charge in [0.05, 0.1) is 18.4 Å². The number of nitrogens with zero attached hydrogens (tertiary/aromatic N) is 5. The van der Waals surface area contributed by atoms with Gasteiger partial charge in [0.15, 0.2) is 0 Å². The van der Waals surface area contributed by atoms with E-state index in [1.807, 2.05) is 44.8 Å². The number of aromatic nitrogens is 2. The van der Waals surface area contributed by atoms with Crippen LogP contribution in [-0.4, -0.2) is 69.7 Å². The van der Waals surface area contributed by atoms with Crippen LogP contribution in [0.4, 0.5) is 10.6 Å². The maximum Gasteiger partial charge on any atom is 0.425 e. The lowest BCUT2D eigenvalue weighted by Gasteiger charge is -2.46. The summed E-state index contributed by atoms with van der Waals surface area (Å²) >= 11 is 6.03. The summed E-state index contributed by atoms with van der Waals surface area (Å²) in [5, 5.41) is 4.02. The third-order valence-electron chi connectivity index (χ3n) is 6.41. The Hall–Kier alpha value is -2.75. The molecule has 0 saturated carbocycles. The van der Waals surface area contributed by atoms with Crippen LogP contribution in [0.25, 0.3) is 0 Å². The zero-order valence-corrected chi connectivity index (χ0v) is 22.2. The van der Waals surface area contributed by atoms with E-state index in [2.05, 4.69) is 21.8 Å². The van der Waals surface area contributed by atoms with Crippen LogP contribution in [0.5, 0.6) is 0 Å². The molecular weight excluding hydrogens is 482 g/mol. The zero-order chi connectivity index (χ0) is 26.0. The standard InChI is InChI=1S/C26H34ClN5O4/c1-17-13-30(10-11-31(17)24-23-18(2)35-15-22(23)28-16-29-24)32(25(34)36-26(3,4)5)21(14-33)12-19-6-8-20(27)9-7-19/h6-9,14,16-18,21H,10-13,15H2,1-5H3/t17-,18?,21+/m0/s1. The van der Waals surface area contributed by atoms with Crippen molar-refractivity contribution in [2.45, 2.75) is 71.4 Å². The number of amides is 1. The van der Waals surface area contributed by atoms with Gasteiger partial charge in [-0.2, -0.15) is 0 Å². The Balaban J connectivity index is 1.57. The number of hydrazine groups is 1. The molecule has 0 spiro atoms. The van der Waals surface area contributed by atoms with E-state index in [1.54, 1.807) is 18.5 Å². The molecule has 9 nitrogen and oxygen atoms in total. The normalized spacial score (nSPS) is 21.1. The van der Waals surface area contributed by atoms with Crippen molar-refractivity contribution in [3.63, 3.8) is 0 Å². The second kappa shape index (κ2) is 10.7. The fraction of sp³-hybridized carbons (Fsp3) is 0.538. The van der Waals surface area contributed by atoms with Gasteiger partial charge in [0, 0.05) is 42.7 Å². The molecule has 0 aliphatic carbocycles. The molecule has 1 fully saturated rings. The number of anilines is 1. The molecule has 3 heterocycles. The zero-order valence-electron chi connectivity index (χ0n) is 21.5. The van der Waals surface area contributed by atoms with Crippen molar-refractivity contribution < 1.29 is 19.1 Å². The van der Waals surface area contributed by atoms with Crippen molar-refractivity contribution in [2.75, 3.05) is 24.5 Å². The Bertz CT molecular complexity index is 1090. The predicted octanol–water partition coefficient (Wildman–Crippen LogP) is 4.19. The number of carbonyl (C=O) groups is 2. The predicted molar refractivity (Wildman–Crippen MR) is 137 cm³/mol. The minimum atomic E-state index is -0.725. The van der Waals surface area contributed by atoms with Crippen LogP contribution in [0.3, 0.4) is 0 Å². The third kappa shape index (κ3) is 5.79. The molecule has 2 aromatic rings. The molecule has 0 bridgehead atoms. The Kier molecular flexibility index (Phi) is 7.82. The minimum absolute atomic E-state index is 0.0123. The summed E-state index contributed by atoms with van der Waals surface area (Å²) in [6, 6.07) is 6.58. The summed E-state index contributed by atoms with van der Waals surface area (Å²) in [6.45, 7) is 11.7. The van der Waals surface area contributed by atoms with Crippen molar-refractivity contribution in [1.29, 1.82) is 0 Å². The first-order valence-electron chi connectivity index (χ1n) is 12.3. The van der Waals surface area contributed by atoms with E-state index in [0.717, 1.165) is 28.9 Å². The van der Waals surface area contributed by atoms with Gasteiger partial charge in [-0.3, -0.25) is 0 Å². The number of ether oxygens (including phenoxy) is 2. The van der Waals surface area contributed by atoms with E-state index < -0.39 is 17.7 Å². The van der Waals surface area contributed by atoms with Crippen LogP contribution < -0.4 is 4.90 Å². The highest BCUT2D eigenvalue weighted by Crippen LogP contribution is 2.36. The van der Waals surface area contributed by atoms with Crippen LogP contribution in [-0.2, 0) is 27.3 Å². The lowest BCUT2D eigenvalue weighted by atomic mass is 10.1. The first-order valence-corrected chi connectivity index (χ1v) is 12.6. The first kappa shape index (κ1) is 26.3. The average molecular weight is 516 g/mol. The van der Waals surface area contributed by atoms with Crippen LogP contribution in [0.15, 0.2) is 30.6 Å². The van der Waals surface area contributed by atoms with Crippen molar-refractivity contribution >= 4 is 29.8 Å². The monoisotopic (exact) mass is 515 g/mol.